The van der Waals surface area contributed by atoms with Gasteiger partial charge in [0, 0.05) is 10.3 Å². The van der Waals surface area contributed by atoms with Gasteiger partial charge in [-0.05, 0) is 29.0 Å². The van der Waals surface area contributed by atoms with Gasteiger partial charge in [0.05, 0.1) is 16.8 Å². The van der Waals surface area contributed by atoms with E-state index < -0.39 is 15.9 Å². The lowest BCUT2D eigenvalue weighted by Gasteiger charge is -2.17. The standard InChI is InChI=1S/C17H13N3O3S2/c21-16(19-18-10-13-6-3-9-24-13)11-20-14-7-1-4-12-5-2-8-15(17(12)14)25(20,22)23/h1-10H,11H2,(H,19,21)/b18-10-. The summed E-state index contributed by atoms with van der Waals surface area (Å²) < 4.78 is 26.7. The van der Waals surface area contributed by atoms with Crippen molar-refractivity contribution in [3.8, 4) is 0 Å². The highest BCUT2D eigenvalue weighted by Gasteiger charge is 2.36. The predicted molar refractivity (Wildman–Crippen MR) is 98.5 cm³/mol. The molecule has 0 saturated carbocycles. The van der Waals surface area contributed by atoms with Crippen LogP contribution in [0.2, 0.25) is 0 Å². The van der Waals surface area contributed by atoms with Crippen molar-refractivity contribution in [2.24, 2.45) is 5.10 Å². The summed E-state index contributed by atoms with van der Waals surface area (Å²) in [5.41, 5.74) is 2.89. The Kier molecular flexibility index (Phi) is 3.78. The van der Waals surface area contributed by atoms with Crippen molar-refractivity contribution in [2.45, 2.75) is 4.90 Å². The number of sulfonamides is 1. The third-order valence-electron chi connectivity index (χ3n) is 3.89. The molecular weight excluding hydrogens is 358 g/mol. The third kappa shape index (κ3) is 2.69. The molecule has 0 fully saturated rings. The van der Waals surface area contributed by atoms with Crippen LogP contribution in [0.3, 0.4) is 0 Å². The summed E-state index contributed by atoms with van der Waals surface area (Å²) in [7, 11) is -3.74. The average molecular weight is 371 g/mol. The normalized spacial score (nSPS) is 15.1. The Labute approximate surface area is 148 Å². The SMILES string of the molecule is O=C(CN1c2cccc3cccc(c23)S1(=O)=O)N/N=C\c1cccs1. The number of benzene rings is 2. The van der Waals surface area contributed by atoms with Gasteiger partial charge in [0.15, 0.2) is 0 Å². The van der Waals surface area contributed by atoms with Crippen LogP contribution >= 0.6 is 11.3 Å². The molecule has 25 heavy (non-hydrogen) atoms. The number of hydrogen-bond acceptors (Lipinski definition) is 5. The summed E-state index contributed by atoms with van der Waals surface area (Å²) >= 11 is 1.49. The van der Waals surface area contributed by atoms with Gasteiger partial charge in [-0.15, -0.1) is 11.3 Å². The molecule has 0 spiro atoms. The maximum Gasteiger partial charge on any atom is 0.265 e. The number of rotatable bonds is 4. The number of amides is 1. The number of nitrogens with one attached hydrogen (secondary N) is 1. The van der Waals surface area contributed by atoms with E-state index in [1.54, 1.807) is 24.3 Å². The molecule has 0 bridgehead atoms. The Morgan fingerprint density at radius 3 is 2.72 bits per heavy atom. The van der Waals surface area contributed by atoms with Crippen LogP contribution in [0.5, 0.6) is 0 Å². The van der Waals surface area contributed by atoms with Crippen molar-refractivity contribution in [3.63, 3.8) is 0 Å². The summed E-state index contributed by atoms with van der Waals surface area (Å²) in [6.07, 6.45) is 1.52. The highest BCUT2D eigenvalue weighted by Crippen LogP contribution is 2.41. The first-order valence-corrected chi connectivity index (χ1v) is 9.79. The molecule has 1 amide bonds. The third-order valence-corrected chi connectivity index (χ3v) is 6.50. The Hall–Kier alpha value is -2.71. The second-order valence-corrected chi connectivity index (χ2v) is 8.26. The van der Waals surface area contributed by atoms with Gasteiger partial charge in [-0.2, -0.15) is 5.10 Å². The van der Waals surface area contributed by atoms with Gasteiger partial charge < -0.3 is 0 Å². The van der Waals surface area contributed by atoms with Gasteiger partial charge >= 0.3 is 0 Å². The fourth-order valence-corrected chi connectivity index (χ4v) is 5.08. The zero-order valence-corrected chi connectivity index (χ0v) is 14.5. The summed E-state index contributed by atoms with van der Waals surface area (Å²) in [5.74, 6) is -0.499. The zero-order valence-electron chi connectivity index (χ0n) is 12.9. The van der Waals surface area contributed by atoms with Gasteiger partial charge in [-0.1, -0.05) is 30.3 Å². The highest BCUT2D eigenvalue weighted by atomic mass is 32.2. The van der Waals surface area contributed by atoms with Gasteiger partial charge in [0.2, 0.25) is 0 Å². The lowest BCUT2D eigenvalue weighted by atomic mass is 10.1. The largest absolute Gasteiger partial charge is 0.271 e. The van der Waals surface area contributed by atoms with Crippen LogP contribution in [0, 0.1) is 0 Å². The van der Waals surface area contributed by atoms with Crippen LogP contribution in [0.4, 0.5) is 5.69 Å². The van der Waals surface area contributed by atoms with E-state index in [1.807, 2.05) is 29.6 Å². The van der Waals surface area contributed by atoms with Crippen LogP contribution in [0.25, 0.3) is 10.8 Å². The fourth-order valence-electron chi connectivity index (χ4n) is 2.83. The van der Waals surface area contributed by atoms with Gasteiger partial charge in [0.1, 0.15) is 6.54 Å². The van der Waals surface area contributed by atoms with E-state index in [0.29, 0.717) is 11.1 Å². The number of hydrogen-bond donors (Lipinski definition) is 1. The fraction of sp³-hybridized carbons (Fsp3) is 0.0588. The van der Waals surface area contributed by atoms with Crippen molar-refractivity contribution >= 4 is 49.9 Å². The monoisotopic (exact) mass is 371 g/mol. The number of carbonyl (C=O) groups excluding carboxylic acids is 1. The minimum absolute atomic E-state index is 0.232. The van der Waals surface area contributed by atoms with Crippen molar-refractivity contribution in [2.75, 3.05) is 10.8 Å². The lowest BCUT2D eigenvalue weighted by molar-refractivity contribution is -0.119. The Morgan fingerprint density at radius 2 is 1.96 bits per heavy atom. The molecule has 0 radical (unpaired) electrons. The van der Waals surface area contributed by atoms with Crippen LogP contribution in [0.1, 0.15) is 4.88 Å². The molecule has 4 rings (SSSR count). The maximum absolute atomic E-state index is 12.8. The Balaban J connectivity index is 1.59. The predicted octanol–water partition coefficient (Wildman–Crippen LogP) is 2.56. The van der Waals surface area contributed by atoms with Crippen LogP contribution in [-0.4, -0.2) is 27.1 Å². The van der Waals surface area contributed by atoms with Crippen molar-refractivity contribution in [3.05, 3.63) is 58.8 Å². The molecule has 3 aromatic rings. The second-order valence-electron chi connectivity index (χ2n) is 5.45. The topological polar surface area (TPSA) is 78.8 Å². The molecule has 0 aliphatic carbocycles. The van der Waals surface area contributed by atoms with E-state index >= 15 is 0 Å². The van der Waals surface area contributed by atoms with E-state index in [0.717, 1.165) is 14.6 Å². The lowest BCUT2D eigenvalue weighted by Crippen LogP contribution is -2.37. The van der Waals surface area contributed by atoms with Gasteiger partial charge in [0.25, 0.3) is 15.9 Å². The quantitative estimate of drug-likeness (QED) is 0.565. The number of nitrogens with zero attached hydrogens (tertiary/aromatic N) is 2. The molecule has 2 aromatic carbocycles. The second kappa shape index (κ2) is 5.98. The maximum atomic E-state index is 12.8. The molecule has 1 aromatic heterocycles. The summed E-state index contributed by atoms with van der Waals surface area (Å²) in [6.45, 7) is -0.322. The van der Waals surface area contributed by atoms with Crippen molar-refractivity contribution in [1.29, 1.82) is 0 Å². The number of hydrazone groups is 1. The molecule has 0 atom stereocenters. The smallest absolute Gasteiger partial charge is 0.265 e. The molecule has 1 N–H and O–H groups in total. The van der Waals surface area contributed by atoms with E-state index in [1.165, 1.54) is 17.6 Å². The first kappa shape index (κ1) is 15.8. The molecular formula is C17H13N3O3S2. The van der Waals surface area contributed by atoms with Crippen LogP contribution < -0.4 is 9.73 Å². The van der Waals surface area contributed by atoms with E-state index in [-0.39, 0.29) is 11.4 Å². The summed E-state index contributed by atoms with van der Waals surface area (Å²) in [4.78, 5) is 13.3. The Bertz CT molecular complexity index is 1080. The summed E-state index contributed by atoms with van der Waals surface area (Å²) in [5, 5.41) is 7.25. The molecule has 2 heterocycles. The molecule has 0 unspecified atom stereocenters. The zero-order chi connectivity index (χ0) is 17.4. The first-order chi connectivity index (χ1) is 12.1. The molecule has 8 heteroatoms. The highest BCUT2D eigenvalue weighted by molar-refractivity contribution is 7.93. The number of carbonyl (C=O) groups is 1. The van der Waals surface area contributed by atoms with Gasteiger partial charge in [-0.25, -0.2) is 13.8 Å². The van der Waals surface area contributed by atoms with E-state index in [4.69, 9.17) is 0 Å². The van der Waals surface area contributed by atoms with Gasteiger partial charge in [-0.3, -0.25) is 9.10 Å². The molecule has 6 nitrogen and oxygen atoms in total. The summed E-state index contributed by atoms with van der Waals surface area (Å²) in [6, 6.07) is 14.2. The molecule has 0 saturated heterocycles. The van der Waals surface area contributed by atoms with Crippen molar-refractivity contribution < 1.29 is 13.2 Å². The first-order valence-electron chi connectivity index (χ1n) is 7.47. The number of anilines is 1. The van der Waals surface area contributed by atoms with E-state index in [2.05, 4.69) is 10.5 Å². The van der Waals surface area contributed by atoms with E-state index in [9.17, 15) is 13.2 Å². The molecule has 1 aliphatic heterocycles. The number of thiophene rings is 1. The minimum atomic E-state index is -3.74. The molecule has 126 valence electrons. The average Bonchev–Trinajstić information content (AvgIpc) is 3.18. The van der Waals surface area contributed by atoms with Crippen molar-refractivity contribution in [1.82, 2.24) is 5.43 Å². The minimum Gasteiger partial charge on any atom is -0.271 e. The van der Waals surface area contributed by atoms with Crippen LogP contribution in [0.15, 0.2) is 63.9 Å². The van der Waals surface area contributed by atoms with Crippen LogP contribution in [-0.2, 0) is 14.8 Å². The Morgan fingerprint density at radius 1 is 1.16 bits per heavy atom. The molecule has 1 aliphatic rings.